The van der Waals surface area contributed by atoms with Gasteiger partial charge in [0, 0.05) is 18.5 Å². The first-order chi connectivity index (χ1) is 11.0. The van der Waals surface area contributed by atoms with Gasteiger partial charge in [0.25, 0.3) is 5.91 Å². The van der Waals surface area contributed by atoms with Crippen molar-refractivity contribution in [3.63, 3.8) is 0 Å². The lowest BCUT2D eigenvalue weighted by Gasteiger charge is -2.58. The first-order valence-electron chi connectivity index (χ1n) is 9.41. The van der Waals surface area contributed by atoms with Crippen LogP contribution >= 0.6 is 0 Å². The lowest BCUT2D eigenvalue weighted by atomic mass is 9.48. The monoisotopic (exact) mass is 320 g/mol. The molecule has 4 bridgehead atoms. The van der Waals surface area contributed by atoms with Gasteiger partial charge in [0.1, 0.15) is 0 Å². The van der Waals surface area contributed by atoms with E-state index in [4.69, 9.17) is 0 Å². The van der Waals surface area contributed by atoms with Crippen LogP contribution in [0.15, 0.2) is 0 Å². The van der Waals surface area contributed by atoms with E-state index in [0.29, 0.717) is 24.5 Å². The molecule has 4 aliphatic carbocycles. The fourth-order valence-electron chi connectivity index (χ4n) is 6.38. The summed E-state index contributed by atoms with van der Waals surface area (Å²) in [5.74, 6) is 2.78. The number of carbonyl (C=O) groups excluding carboxylic acids is 2. The first kappa shape index (κ1) is 15.4. The predicted octanol–water partition coefficient (Wildman–Crippen LogP) is 1.09. The van der Waals surface area contributed by atoms with Gasteiger partial charge in [0.15, 0.2) is 6.04 Å². The van der Waals surface area contributed by atoms with Gasteiger partial charge in [0.2, 0.25) is 0 Å². The molecule has 2 atom stereocenters. The number of carbonyl (C=O) groups is 2. The second kappa shape index (κ2) is 5.47. The molecule has 23 heavy (non-hydrogen) atoms. The number of nitrogens with one attached hydrogen (secondary N) is 1. The van der Waals surface area contributed by atoms with Crippen molar-refractivity contribution < 1.29 is 14.9 Å². The standard InChI is InChI=1S/C18H29N3O2/c1-11(16(22)21-4-3-19-17(21)23)20-12(2)18-8-13-5-14(9-18)7-15(6-13)10-18/h11-15,20H,3-10H2,1-2H3,(H,19,23)/p+1/t11-,12-,13?,14?,15?,18?/m1/s1. The molecule has 5 fully saturated rings. The number of quaternary nitrogens is 1. The maximum atomic E-state index is 12.6. The molecule has 1 heterocycles. The van der Waals surface area contributed by atoms with E-state index in [1.54, 1.807) is 0 Å². The molecule has 1 aliphatic heterocycles. The van der Waals surface area contributed by atoms with E-state index in [-0.39, 0.29) is 18.0 Å². The number of amides is 3. The highest BCUT2D eigenvalue weighted by Crippen LogP contribution is 2.60. The fourth-order valence-corrected chi connectivity index (χ4v) is 6.38. The Morgan fingerprint density at radius 1 is 1.17 bits per heavy atom. The van der Waals surface area contributed by atoms with Gasteiger partial charge in [-0.05, 0) is 70.1 Å². The minimum atomic E-state index is -0.224. The topological polar surface area (TPSA) is 66.0 Å². The average molecular weight is 320 g/mol. The number of nitrogens with two attached hydrogens (primary N) is 1. The van der Waals surface area contributed by atoms with Crippen LogP contribution in [-0.2, 0) is 4.79 Å². The van der Waals surface area contributed by atoms with E-state index < -0.39 is 0 Å². The molecule has 0 aromatic heterocycles. The number of nitrogens with zero attached hydrogens (tertiary/aromatic N) is 1. The molecule has 0 aromatic carbocycles. The van der Waals surface area contributed by atoms with Crippen molar-refractivity contribution in [1.29, 1.82) is 0 Å². The quantitative estimate of drug-likeness (QED) is 0.814. The maximum absolute atomic E-state index is 12.6. The van der Waals surface area contributed by atoms with Gasteiger partial charge in [-0.1, -0.05) is 0 Å². The Morgan fingerprint density at radius 3 is 2.22 bits per heavy atom. The molecule has 3 N–H and O–H groups in total. The lowest BCUT2D eigenvalue weighted by Crippen LogP contribution is -2.98. The zero-order valence-corrected chi connectivity index (χ0v) is 14.4. The van der Waals surface area contributed by atoms with E-state index in [1.165, 1.54) is 43.4 Å². The van der Waals surface area contributed by atoms with Gasteiger partial charge < -0.3 is 10.6 Å². The molecule has 0 radical (unpaired) electrons. The van der Waals surface area contributed by atoms with Gasteiger partial charge in [-0.2, -0.15) is 0 Å². The summed E-state index contributed by atoms with van der Waals surface area (Å²) >= 11 is 0. The molecule has 5 heteroatoms. The molecule has 0 spiro atoms. The van der Waals surface area contributed by atoms with Crippen molar-refractivity contribution in [2.75, 3.05) is 13.1 Å². The average Bonchev–Trinajstić information content (AvgIpc) is 2.91. The largest absolute Gasteiger partial charge is 0.336 e. The molecule has 3 amide bonds. The smallest absolute Gasteiger partial charge is 0.324 e. The molecule has 1 saturated heterocycles. The van der Waals surface area contributed by atoms with Crippen molar-refractivity contribution in [2.24, 2.45) is 23.2 Å². The van der Waals surface area contributed by atoms with Crippen LogP contribution in [0.4, 0.5) is 4.79 Å². The van der Waals surface area contributed by atoms with Gasteiger partial charge in [-0.3, -0.25) is 9.69 Å². The second-order valence-corrected chi connectivity index (χ2v) is 8.77. The summed E-state index contributed by atoms with van der Waals surface area (Å²) < 4.78 is 0. The van der Waals surface area contributed by atoms with Crippen molar-refractivity contribution in [2.45, 2.75) is 64.5 Å². The van der Waals surface area contributed by atoms with Gasteiger partial charge in [-0.25, -0.2) is 4.79 Å². The van der Waals surface area contributed by atoms with Crippen LogP contribution in [0.25, 0.3) is 0 Å². The number of hydrogen-bond acceptors (Lipinski definition) is 2. The number of urea groups is 1. The molecular weight excluding hydrogens is 290 g/mol. The van der Waals surface area contributed by atoms with Gasteiger partial charge >= 0.3 is 6.03 Å². The SMILES string of the molecule is C[C@@H]([NH2+][C@H](C)C12CC3CC(CC(C3)C1)C2)C(=O)N1CCNC1=O. The van der Waals surface area contributed by atoms with Gasteiger partial charge in [0.05, 0.1) is 6.04 Å². The molecule has 5 rings (SSSR count). The highest BCUT2D eigenvalue weighted by Gasteiger charge is 2.55. The Morgan fingerprint density at radius 2 is 1.74 bits per heavy atom. The van der Waals surface area contributed by atoms with Crippen molar-refractivity contribution in [3.05, 3.63) is 0 Å². The minimum Gasteiger partial charge on any atom is -0.336 e. The van der Waals surface area contributed by atoms with Crippen LogP contribution in [0.5, 0.6) is 0 Å². The molecule has 0 unspecified atom stereocenters. The van der Waals surface area contributed by atoms with Crippen molar-refractivity contribution in [3.8, 4) is 0 Å². The first-order valence-corrected chi connectivity index (χ1v) is 9.41. The summed E-state index contributed by atoms with van der Waals surface area (Å²) in [4.78, 5) is 25.6. The van der Waals surface area contributed by atoms with Crippen LogP contribution in [0.3, 0.4) is 0 Å². The number of rotatable bonds is 4. The number of imide groups is 1. The third-order valence-corrected chi connectivity index (χ3v) is 7.14. The van der Waals surface area contributed by atoms with E-state index >= 15 is 0 Å². The molecular formula is C18H30N3O2+. The Kier molecular flexibility index (Phi) is 3.67. The van der Waals surface area contributed by atoms with E-state index in [0.717, 1.165) is 17.8 Å². The fraction of sp³-hybridized carbons (Fsp3) is 0.889. The summed E-state index contributed by atoms with van der Waals surface area (Å²) in [5, 5.41) is 4.97. The molecule has 0 aromatic rings. The summed E-state index contributed by atoms with van der Waals surface area (Å²) in [6.07, 6.45) is 8.45. The van der Waals surface area contributed by atoms with Crippen LogP contribution in [0, 0.1) is 23.2 Å². The third kappa shape index (κ3) is 2.57. The molecule has 5 nitrogen and oxygen atoms in total. The summed E-state index contributed by atoms with van der Waals surface area (Å²) in [7, 11) is 0. The van der Waals surface area contributed by atoms with E-state index in [9.17, 15) is 9.59 Å². The lowest BCUT2D eigenvalue weighted by molar-refractivity contribution is -0.719. The zero-order valence-electron chi connectivity index (χ0n) is 14.4. The second-order valence-electron chi connectivity index (χ2n) is 8.77. The Balaban J connectivity index is 1.42. The Bertz CT molecular complexity index is 483. The van der Waals surface area contributed by atoms with Crippen LogP contribution in [0.1, 0.15) is 52.4 Å². The Hall–Kier alpha value is -1.10. The molecule has 4 saturated carbocycles. The van der Waals surface area contributed by atoms with Crippen molar-refractivity contribution >= 4 is 11.9 Å². The zero-order chi connectivity index (χ0) is 16.2. The number of hydrogen-bond donors (Lipinski definition) is 2. The molecule has 128 valence electrons. The normalized spacial score (nSPS) is 41.0. The predicted molar refractivity (Wildman–Crippen MR) is 86.6 cm³/mol. The molecule has 5 aliphatic rings. The van der Waals surface area contributed by atoms with E-state index in [2.05, 4.69) is 17.6 Å². The highest BCUT2D eigenvalue weighted by molar-refractivity contribution is 5.97. The van der Waals surface area contributed by atoms with Crippen LogP contribution in [0.2, 0.25) is 0 Å². The van der Waals surface area contributed by atoms with Crippen LogP contribution in [-0.4, -0.2) is 42.0 Å². The summed E-state index contributed by atoms with van der Waals surface area (Å²) in [6.45, 7) is 5.38. The maximum Gasteiger partial charge on any atom is 0.324 e. The van der Waals surface area contributed by atoms with Gasteiger partial charge in [-0.15, -0.1) is 0 Å². The summed E-state index contributed by atoms with van der Waals surface area (Å²) in [6, 6.07) is 0.0834. The third-order valence-electron chi connectivity index (χ3n) is 7.14. The Labute approximate surface area is 138 Å². The van der Waals surface area contributed by atoms with E-state index in [1.807, 2.05) is 6.92 Å². The van der Waals surface area contributed by atoms with Crippen LogP contribution < -0.4 is 10.6 Å². The highest BCUT2D eigenvalue weighted by atomic mass is 16.2. The minimum absolute atomic E-state index is 0.0309. The van der Waals surface area contributed by atoms with Crippen molar-refractivity contribution in [1.82, 2.24) is 10.2 Å². The summed E-state index contributed by atoms with van der Waals surface area (Å²) in [5.41, 5.74) is 0.441.